The van der Waals surface area contributed by atoms with Gasteiger partial charge in [-0.1, -0.05) is 15.9 Å². The molecule has 1 amide bonds. The summed E-state index contributed by atoms with van der Waals surface area (Å²) in [5.41, 5.74) is 6.16. The smallest absolute Gasteiger partial charge is 0.337 e. The number of halogens is 2. The van der Waals surface area contributed by atoms with Gasteiger partial charge in [0.2, 0.25) is 5.91 Å². The summed E-state index contributed by atoms with van der Waals surface area (Å²) in [7, 11) is 0. The van der Waals surface area contributed by atoms with Crippen LogP contribution in [0.5, 0.6) is 0 Å². The third-order valence-corrected chi connectivity index (χ3v) is 3.75. The molecule has 1 aliphatic heterocycles. The molecule has 1 aromatic rings. The Morgan fingerprint density at radius 1 is 1.44 bits per heavy atom. The van der Waals surface area contributed by atoms with Crippen LogP contribution in [-0.2, 0) is 4.79 Å². The minimum absolute atomic E-state index is 0.0682. The maximum atomic E-state index is 11.8. The average Bonchev–Trinajstić information content (AvgIpc) is 2.56. The van der Waals surface area contributed by atoms with E-state index in [1.54, 1.807) is 6.07 Å². The van der Waals surface area contributed by atoms with Gasteiger partial charge >= 0.3 is 5.97 Å². The van der Waals surface area contributed by atoms with E-state index >= 15 is 0 Å². The maximum absolute atomic E-state index is 11.8. The fraction of sp³-hybridized carbons (Fsp3) is 0.273. The van der Waals surface area contributed by atoms with Gasteiger partial charge < -0.3 is 15.7 Å². The minimum atomic E-state index is -1.08. The van der Waals surface area contributed by atoms with Crippen LogP contribution in [0.15, 0.2) is 21.1 Å². The van der Waals surface area contributed by atoms with E-state index in [2.05, 4.69) is 31.9 Å². The number of carboxylic acids is 1. The molecule has 1 saturated heterocycles. The van der Waals surface area contributed by atoms with Gasteiger partial charge in [-0.05, 0) is 28.1 Å². The van der Waals surface area contributed by atoms with E-state index in [0.29, 0.717) is 21.2 Å². The molecule has 3 N–H and O–H groups in total. The Bertz CT molecular complexity index is 533. The van der Waals surface area contributed by atoms with E-state index in [0.717, 1.165) is 0 Å². The largest absolute Gasteiger partial charge is 0.478 e. The van der Waals surface area contributed by atoms with Crippen molar-refractivity contribution in [2.45, 2.75) is 12.5 Å². The second-order valence-electron chi connectivity index (χ2n) is 4.06. The second-order valence-corrected chi connectivity index (χ2v) is 5.83. The first-order valence-electron chi connectivity index (χ1n) is 5.18. The molecular weight excluding hydrogens is 368 g/mol. The van der Waals surface area contributed by atoms with E-state index in [4.69, 9.17) is 5.73 Å². The molecule has 2 rings (SSSR count). The molecule has 1 fully saturated rings. The fourth-order valence-corrected chi connectivity index (χ4v) is 3.39. The lowest BCUT2D eigenvalue weighted by Gasteiger charge is -2.20. The number of anilines is 1. The minimum Gasteiger partial charge on any atom is -0.478 e. The molecule has 1 heterocycles. The predicted octanol–water partition coefficient (Wildman–Crippen LogP) is 1.97. The Kier molecular flexibility index (Phi) is 3.74. The van der Waals surface area contributed by atoms with Crippen LogP contribution in [0.25, 0.3) is 0 Å². The summed E-state index contributed by atoms with van der Waals surface area (Å²) < 4.78 is 1.18. The highest BCUT2D eigenvalue weighted by Gasteiger charge is 2.32. The van der Waals surface area contributed by atoms with Crippen molar-refractivity contribution in [3.8, 4) is 0 Å². The quantitative estimate of drug-likeness (QED) is 0.825. The zero-order valence-corrected chi connectivity index (χ0v) is 12.4. The van der Waals surface area contributed by atoms with Crippen molar-refractivity contribution >= 4 is 49.4 Å². The Hall–Kier alpha value is -0.920. The lowest BCUT2D eigenvalue weighted by molar-refractivity contribution is -0.117. The molecular formula is C11H10Br2N2O3. The molecule has 1 aromatic carbocycles. The third-order valence-electron chi connectivity index (χ3n) is 2.68. The van der Waals surface area contributed by atoms with E-state index in [1.807, 2.05) is 0 Å². The molecule has 96 valence electrons. The standard InChI is InChI=1S/C11H10Br2N2O3/c12-5-1-7(11(17)18)10(8(13)2-5)15-4-6(14)3-9(15)16/h1-2,6H,3-4,14H2,(H,17,18). The van der Waals surface area contributed by atoms with Gasteiger partial charge in [0.25, 0.3) is 0 Å². The Labute approximate surface area is 120 Å². The molecule has 5 nitrogen and oxygen atoms in total. The van der Waals surface area contributed by atoms with Crippen LogP contribution < -0.4 is 10.6 Å². The Morgan fingerprint density at radius 3 is 2.61 bits per heavy atom. The van der Waals surface area contributed by atoms with Gasteiger partial charge in [0.05, 0.1) is 11.3 Å². The number of carboxylic acid groups (broad SMARTS) is 1. The number of rotatable bonds is 2. The summed E-state index contributed by atoms with van der Waals surface area (Å²) >= 11 is 6.53. The molecule has 0 aromatic heterocycles. The van der Waals surface area contributed by atoms with Crippen LogP contribution in [0.1, 0.15) is 16.8 Å². The molecule has 0 bridgehead atoms. The highest BCUT2D eigenvalue weighted by atomic mass is 79.9. The summed E-state index contributed by atoms with van der Waals surface area (Å²) in [5, 5.41) is 9.22. The number of amides is 1. The monoisotopic (exact) mass is 376 g/mol. The van der Waals surface area contributed by atoms with Crippen molar-refractivity contribution in [2.24, 2.45) is 5.73 Å². The molecule has 18 heavy (non-hydrogen) atoms. The number of benzene rings is 1. The zero-order chi connectivity index (χ0) is 13.4. The van der Waals surface area contributed by atoms with Crippen molar-refractivity contribution in [2.75, 3.05) is 11.4 Å². The van der Waals surface area contributed by atoms with Gasteiger partial charge in [0.15, 0.2) is 0 Å². The number of aromatic carboxylic acids is 1. The van der Waals surface area contributed by atoms with Gasteiger partial charge in [-0.2, -0.15) is 0 Å². The summed E-state index contributed by atoms with van der Waals surface area (Å²) in [6, 6.07) is 2.92. The van der Waals surface area contributed by atoms with Crippen molar-refractivity contribution in [3.63, 3.8) is 0 Å². The van der Waals surface area contributed by atoms with E-state index in [1.165, 1.54) is 11.0 Å². The Balaban J connectivity index is 2.56. The van der Waals surface area contributed by atoms with Gasteiger partial charge in [-0.25, -0.2) is 4.79 Å². The summed E-state index contributed by atoms with van der Waals surface area (Å²) in [5.74, 6) is -1.24. The molecule has 1 aliphatic rings. The van der Waals surface area contributed by atoms with E-state index in [-0.39, 0.29) is 23.9 Å². The number of hydrogen-bond acceptors (Lipinski definition) is 3. The van der Waals surface area contributed by atoms with E-state index in [9.17, 15) is 14.7 Å². The number of carbonyl (C=O) groups excluding carboxylic acids is 1. The number of hydrogen-bond donors (Lipinski definition) is 2. The first-order chi connectivity index (χ1) is 8.40. The van der Waals surface area contributed by atoms with Crippen LogP contribution in [0.3, 0.4) is 0 Å². The van der Waals surface area contributed by atoms with Gasteiger partial charge in [-0.15, -0.1) is 0 Å². The van der Waals surface area contributed by atoms with Gasteiger partial charge in [-0.3, -0.25) is 4.79 Å². The normalized spacial score (nSPS) is 19.4. The lowest BCUT2D eigenvalue weighted by Crippen LogP contribution is -2.29. The topological polar surface area (TPSA) is 83.6 Å². The molecule has 0 spiro atoms. The van der Waals surface area contributed by atoms with Crippen LogP contribution >= 0.6 is 31.9 Å². The zero-order valence-electron chi connectivity index (χ0n) is 9.19. The average molecular weight is 378 g/mol. The molecule has 7 heteroatoms. The highest BCUT2D eigenvalue weighted by Crippen LogP contribution is 2.35. The third kappa shape index (κ3) is 2.43. The van der Waals surface area contributed by atoms with Crippen LogP contribution in [0.4, 0.5) is 5.69 Å². The number of nitrogens with two attached hydrogens (primary N) is 1. The predicted molar refractivity (Wildman–Crippen MR) is 73.7 cm³/mol. The summed E-state index contributed by atoms with van der Waals surface area (Å²) in [6.45, 7) is 0.333. The molecule has 0 radical (unpaired) electrons. The lowest BCUT2D eigenvalue weighted by atomic mass is 10.1. The maximum Gasteiger partial charge on any atom is 0.337 e. The SMILES string of the molecule is NC1CC(=O)N(c2c(Br)cc(Br)cc2C(=O)O)C1. The van der Waals surface area contributed by atoms with Crippen LogP contribution in [0.2, 0.25) is 0 Å². The second kappa shape index (κ2) is 4.99. The fourth-order valence-electron chi connectivity index (χ4n) is 1.95. The van der Waals surface area contributed by atoms with Crippen LogP contribution in [-0.4, -0.2) is 29.6 Å². The highest BCUT2D eigenvalue weighted by molar-refractivity contribution is 9.11. The molecule has 0 aliphatic carbocycles. The Morgan fingerprint density at radius 2 is 2.11 bits per heavy atom. The van der Waals surface area contributed by atoms with Gasteiger partial charge in [0.1, 0.15) is 0 Å². The summed E-state index contributed by atoms with van der Waals surface area (Å²) in [6.07, 6.45) is 0.238. The first-order valence-corrected chi connectivity index (χ1v) is 6.77. The van der Waals surface area contributed by atoms with Crippen molar-refractivity contribution in [1.29, 1.82) is 0 Å². The summed E-state index contributed by atoms with van der Waals surface area (Å²) in [4.78, 5) is 24.5. The van der Waals surface area contributed by atoms with Crippen molar-refractivity contribution in [1.82, 2.24) is 0 Å². The van der Waals surface area contributed by atoms with E-state index < -0.39 is 5.97 Å². The molecule has 1 atom stereocenters. The van der Waals surface area contributed by atoms with Crippen LogP contribution in [0, 0.1) is 0 Å². The first kappa shape index (κ1) is 13.5. The number of nitrogens with zero attached hydrogens (tertiary/aromatic N) is 1. The molecule has 1 unspecified atom stereocenters. The molecule has 0 saturated carbocycles. The van der Waals surface area contributed by atoms with Crippen molar-refractivity contribution in [3.05, 3.63) is 26.6 Å². The van der Waals surface area contributed by atoms with Crippen molar-refractivity contribution < 1.29 is 14.7 Å². The number of carbonyl (C=O) groups is 2. The van der Waals surface area contributed by atoms with Gasteiger partial charge in [0, 0.05) is 28.0 Å².